The maximum absolute atomic E-state index is 12.3. The molecule has 0 bridgehead atoms. The van der Waals surface area contributed by atoms with Crippen LogP contribution in [0.1, 0.15) is 88.1 Å². The number of amides is 1. The second kappa shape index (κ2) is 14.7. The number of aryl methyl sites for hydroxylation is 4. The SMILES string of the molecule is CCc1cc2c(cc1CC)CC(NC(=O)c1ccccc1)C2.CCc1cc2c(cc1CC)CC(NCc1ccccc1)C2. The lowest BCUT2D eigenvalue weighted by molar-refractivity contribution is 0.0938. The molecular weight excluding hydrogens is 524 g/mol. The standard InChI is InChI=1S/C20H23NO.C20H25N/c1-3-14-10-17-12-19(13-18(17)11-15(14)4-2)21-20(22)16-8-6-5-7-9-16;1-3-16-10-18-12-20(13-19(18)11-17(16)4-2)21-14-15-8-6-5-7-9-15/h5-11,19H,3-4,12-13H2,1-2H3,(H,21,22);5-11,20-21H,3-4,12-14H2,1-2H3. The Bertz CT molecular complexity index is 1440. The molecule has 1 amide bonds. The van der Waals surface area contributed by atoms with E-state index in [1.807, 2.05) is 30.3 Å². The lowest BCUT2D eigenvalue weighted by Crippen LogP contribution is -2.35. The van der Waals surface area contributed by atoms with Gasteiger partial charge in [-0.1, -0.05) is 100 Å². The van der Waals surface area contributed by atoms with Gasteiger partial charge in [0, 0.05) is 24.2 Å². The molecular formula is C40H48N2O. The minimum atomic E-state index is 0.0323. The Morgan fingerprint density at radius 3 is 1.40 bits per heavy atom. The highest BCUT2D eigenvalue weighted by Crippen LogP contribution is 2.28. The van der Waals surface area contributed by atoms with E-state index in [4.69, 9.17) is 0 Å². The van der Waals surface area contributed by atoms with Crippen molar-refractivity contribution < 1.29 is 4.79 Å². The average molecular weight is 573 g/mol. The van der Waals surface area contributed by atoms with Crippen molar-refractivity contribution in [3.05, 3.63) is 141 Å². The van der Waals surface area contributed by atoms with Crippen molar-refractivity contribution in [3.63, 3.8) is 0 Å². The van der Waals surface area contributed by atoms with Crippen LogP contribution in [0, 0.1) is 0 Å². The first-order valence-corrected chi connectivity index (χ1v) is 16.4. The maximum Gasteiger partial charge on any atom is 0.251 e. The fourth-order valence-corrected chi connectivity index (χ4v) is 6.83. The highest BCUT2D eigenvalue weighted by atomic mass is 16.1. The Morgan fingerprint density at radius 1 is 0.581 bits per heavy atom. The van der Waals surface area contributed by atoms with E-state index >= 15 is 0 Å². The summed E-state index contributed by atoms with van der Waals surface area (Å²) >= 11 is 0. The monoisotopic (exact) mass is 572 g/mol. The molecule has 0 radical (unpaired) electrons. The van der Waals surface area contributed by atoms with E-state index in [1.54, 1.807) is 22.3 Å². The summed E-state index contributed by atoms with van der Waals surface area (Å²) in [5.74, 6) is 0.0323. The first-order chi connectivity index (χ1) is 21.0. The summed E-state index contributed by atoms with van der Waals surface area (Å²) in [4.78, 5) is 12.3. The molecule has 0 aliphatic heterocycles. The van der Waals surface area contributed by atoms with Crippen molar-refractivity contribution >= 4 is 5.91 Å². The fraction of sp³-hybridized carbons (Fsp3) is 0.375. The molecule has 0 saturated carbocycles. The van der Waals surface area contributed by atoms with Crippen LogP contribution in [0.3, 0.4) is 0 Å². The normalized spacial score (nSPS) is 14.1. The van der Waals surface area contributed by atoms with E-state index in [9.17, 15) is 4.79 Å². The van der Waals surface area contributed by atoms with Crippen molar-refractivity contribution in [2.45, 2.75) is 97.7 Å². The molecule has 3 heteroatoms. The molecule has 6 rings (SSSR count). The molecule has 4 aromatic carbocycles. The summed E-state index contributed by atoms with van der Waals surface area (Å²) in [6.07, 6.45) is 8.72. The highest BCUT2D eigenvalue weighted by Gasteiger charge is 2.25. The van der Waals surface area contributed by atoms with Crippen molar-refractivity contribution in [2.24, 2.45) is 0 Å². The third kappa shape index (κ3) is 7.64. The van der Waals surface area contributed by atoms with E-state index in [2.05, 4.69) is 92.9 Å². The molecule has 0 atom stereocenters. The van der Waals surface area contributed by atoms with Crippen molar-refractivity contribution in [1.29, 1.82) is 0 Å². The van der Waals surface area contributed by atoms with Gasteiger partial charge in [-0.3, -0.25) is 4.79 Å². The number of nitrogens with one attached hydrogen (secondary N) is 2. The predicted molar refractivity (Wildman–Crippen MR) is 180 cm³/mol. The molecule has 2 N–H and O–H groups in total. The first-order valence-electron chi connectivity index (χ1n) is 16.4. The highest BCUT2D eigenvalue weighted by molar-refractivity contribution is 5.94. The number of fused-ring (bicyclic) bond motifs is 2. The van der Waals surface area contributed by atoms with Crippen molar-refractivity contribution in [2.75, 3.05) is 0 Å². The quantitative estimate of drug-likeness (QED) is 0.215. The van der Waals surface area contributed by atoms with Gasteiger partial charge in [-0.05, 0) is 114 Å². The lowest BCUT2D eigenvalue weighted by atomic mass is 9.97. The van der Waals surface area contributed by atoms with Crippen LogP contribution in [0.25, 0.3) is 0 Å². The zero-order chi connectivity index (χ0) is 30.2. The Balaban J connectivity index is 0.000000171. The topological polar surface area (TPSA) is 41.1 Å². The van der Waals surface area contributed by atoms with Gasteiger partial charge >= 0.3 is 0 Å². The lowest BCUT2D eigenvalue weighted by Gasteiger charge is -2.11. The summed E-state index contributed by atoms with van der Waals surface area (Å²) in [6, 6.07) is 30.6. The number of hydrogen-bond donors (Lipinski definition) is 2. The van der Waals surface area contributed by atoms with Gasteiger partial charge in [0.05, 0.1) is 0 Å². The molecule has 2 aliphatic rings. The van der Waals surface area contributed by atoms with E-state index in [0.29, 0.717) is 6.04 Å². The van der Waals surface area contributed by atoms with Gasteiger partial charge in [-0.2, -0.15) is 0 Å². The molecule has 2 aliphatic carbocycles. The fourth-order valence-electron chi connectivity index (χ4n) is 6.83. The van der Waals surface area contributed by atoms with Crippen molar-refractivity contribution in [3.8, 4) is 0 Å². The molecule has 224 valence electrons. The minimum Gasteiger partial charge on any atom is -0.349 e. The molecule has 0 spiro atoms. The molecule has 0 fully saturated rings. The minimum absolute atomic E-state index is 0.0323. The zero-order valence-electron chi connectivity index (χ0n) is 26.5. The summed E-state index contributed by atoms with van der Waals surface area (Å²) in [5.41, 5.74) is 14.1. The number of carbonyl (C=O) groups excluding carboxylic acids is 1. The van der Waals surface area contributed by atoms with Gasteiger partial charge in [0.2, 0.25) is 0 Å². The van der Waals surface area contributed by atoms with Crippen LogP contribution in [-0.2, 0) is 57.9 Å². The molecule has 3 nitrogen and oxygen atoms in total. The number of carbonyl (C=O) groups is 1. The van der Waals surface area contributed by atoms with Crippen LogP contribution in [-0.4, -0.2) is 18.0 Å². The molecule has 0 heterocycles. The Morgan fingerprint density at radius 2 is 0.977 bits per heavy atom. The summed E-state index contributed by atoms with van der Waals surface area (Å²) in [5, 5.41) is 6.90. The maximum atomic E-state index is 12.3. The number of hydrogen-bond acceptors (Lipinski definition) is 2. The van der Waals surface area contributed by atoms with Crippen LogP contribution in [0.15, 0.2) is 84.9 Å². The summed E-state index contributed by atoms with van der Waals surface area (Å²) in [6.45, 7) is 9.93. The van der Waals surface area contributed by atoms with Gasteiger partial charge < -0.3 is 10.6 Å². The summed E-state index contributed by atoms with van der Waals surface area (Å²) in [7, 11) is 0. The van der Waals surface area contributed by atoms with Gasteiger partial charge in [0.15, 0.2) is 0 Å². The molecule has 0 saturated heterocycles. The van der Waals surface area contributed by atoms with Gasteiger partial charge in [-0.25, -0.2) is 0 Å². The third-order valence-corrected chi connectivity index (χ3v) is 9.24. The summed E-state index contributed by atoms with van der Waals surface area (Å²) < 4.78 is 0. The molecule has 4 aromatic rings. The van der Waals surface area contributed by atoms with Crippen LogP contribution >= 0.6 is 0 Å². The average Bonchev–Trinajstić information content (AvgIpc) is 3.65. The van der Waals surface area contributed by atoms with Crippen LogP contribution in [0.2, 0.25) is 0 Å². The van der Waals surface area contributed by atoms with E-state index in [0.717, 1.165) is 50.6 Å². The predicted octanol–water partition coefficient (Wildman–Crippen LogP) is 7.78. The number of benzene rings is 4. The largest absolute Gasteiger partial charge is 0.349 e. The Labute approximate surface area is 259 Å². The van der Waals surface area contributed by atoms with Crippen LogP contribution in [0.4, 0.5) is 0 Å². The van der Waals surface area contributed by atoms with Gasteiger partial charge in [-0.15, -0.1) is 0 Å². The number of rotatable bonds is 9. The van der Waals surface area contributed by atoms with Crippen LogP contribution < -0.4 is 10.6 Å². The second-order valence-corrected chi connectivity index (χ2v) is 12.1. The Hall–Kier alpha value is -3.69. The first kappa shape index (κ1) is 30.8. The van der Waals surface area contributed by atoms with Gasteiger partial charge in [0.25, 0.3) is 5.91 Å². The second-order valence-electron chi connectivity index (χ2n) is 12.1. The smallest absolute Gasteiger partial charge is 0.251 e. The molecule has 0 unspecified atom stereocenters. The molecule has 0 aromatic heterocycles. The van der Waals surface area contributed by atoms with Crippen LogP contribution in [0.5, 0.6) is 0 Å². The third-order valence-electron chi connectivity index (χ3n) is 9.24. The van der Waals surface area contributed by atoms with E-state index in [-0.39, 0.29) is 11.9 Å². The Kier molecular flexibility index (Phi) is 10.5. The zero-order valence-corrected chi connectivity index (χ0v) is 26.5. The van der Waals surface area contributed by atoms with E-state index < -0.39 is 0 Å². The van der Waals surface area contributed by atoms with Crippen molar-refractivity contribution in [1.82, 2.24) is 10.6 Å². The van der Waals surface area contributed by atoms with Gasteiger partial charge in [0.1, 0.15) is 0 Å². The molecule has 43 heavy (non-hydrogen) atoms. The van der Waals surface area contributed by atoms with E-state index in [1.165, 1.54) is 40.7 Å².